The molecule has 1 aromatic rings. The predicted molar refractivity (Wildman–Crippen MR) is 90.6 cm³/mol. The Morgan fingerprint density at radius 3 is 1.95 bits per heavy atom. The molecule has 0 aliphatic heterocycles. The van der Waals surface area contributed by atoms with Crippen LogP contribution in [0.1, 0.15) is 63.1 Å². The zero-order chi connectivity index (χ0) is 14.4. The minimum Gasteiger partial charge on any atom is -0.493 e. The van der Waals surface area contributed by atoms with Crippen LogP contribution in [0.2, 0.25) is 0 Å². The summed E-state index contributed by atoms with van der Waals surface area (Å²) in [6.07, 6.45) is 2.13. The van der Waals surface area contributed by atoms with E-state index < -0.39 is 0 Å². The lowest BCUT2D eigenvalue weighted by molar-refractivity contribution is 0.330. The largest absolute Gasteiger partial charge is 0.493 e. The molecule has 0 heterocycles. The van der Waals surface area contributed by atoms with Gasteiger partial charge in [0.1, 0.15) is 5.75 Å². The third kappa shape index (κ3) is 4.64. The van der Waals surface area contributed by atoms with E-state index in [4.69, 9.17) is 4.74 Å². The summed E-state index contributed by atoms with van der Waals surface area (Å²) < 4.78 is 5.94. The third-order valence-corrected chi connectivity index (χ3v) is 4.83. The van der Waals surface area contributed by atoms with E-state index in [0.717, 1.165) is 18.1 Å². The minimum atomic E-state index is 0.498. The topological polar surface area (TPSA) is 9.23 Å². The SMILES string of the molecule is CCOc1c(C(C)C)cc(CSSC)cc1C(C)C. The van der Waals surface area contributed by atoms with E-state index in [0.29, 0.717) is 11.8 Å². The lowest BCUT2D eigenvalue weighted by Crippen LogP contribution is -2.05. The van der Waals surface area contributed by atoms with E-state index in [1.807, 2.05) is 21.6 Å². The molecule has 0 unspecified atom stereocenters. The van der Waals surface area contributed by atoms with Gasteiger partial charge in [-0.15, -0.1) is 0 Å². The molecule has 0 atom stereocenters. The zero-order valence-electron chi connectivity index (χ0n) is 12.9. The molecule has 3 heteroatoms. The van der Waals surface area contributed by atoms with Crippen molar-refractivity contribution in [3.8, 4) is 5.75 Å². The summed E-state index contributed by atoms with van der Waals surface area (Å²) >= 11 is 0. The number of benzene rings is 1. The molecule has 0 radical (unpaired) electrons. The van der Waals surface area contributed by atoms with E-state index in [-0.39, 0.29) is 0 Å². The van der Waals surface area contributed by atoms with Crippen LogP contribution in [0.25, 0.3) is 0 Å². The summed E-state index contributed by atoms with van der Waals surface area (Å²) in [5.41, 5.74) is 4.12. The normalized spacial score (nSPS) is 11.4. The van der Waals surface area contributed by atoms with Crippen molar-refractivity contribution in [2.75, 3.05) is 12.9 Å². The molecule has 0 spiro atoms. The Bertz CT molecular complexity index is 371. The Kier molecular flexibility index (Phi) is 7.16. The van der Waals surface area contributed by atoms with Gasteiger partial charge in [0.2, 0.25) is 0 Å². The monoisotopic (exact) mass is 298 g/mol. The highest BCUT2D eigenvalue weighted by molar-refractivity contribution is 8.76. The van der Waals surface area contributed by atoms with Crippen molar-refractivity contribution in [1.29, 1.82) is 0 Å². The van der Waals surface area contributed by atoms with Crippen LogP contribution >= 0.6 is 21.6 Å². The zero-order valence-corrected chi connectivity index (χ0v) is 14.6. The molecule has 0 aliphatic rings. The second-order valence-electron chi connectivity index (χ2n) is 5.27. The third-order valence-electron chi connectivity index (χ3n) is 3.08. The summed E-state index contributed by atoms with van der Waals surface area (Å²) in [5, 5.41) is 0. The maximum Gasteiger partial charge on any atom is 0.126 e. The highest BCUT2D eigenvalue weighted by Crippen LogP contribution is 2.37. The molecule has 1 rings (SSSR count). The molecule has 0 bridgehead atoms. The van der Waals surface area contributed by atoms with Crippen LogP contribution in [0.15, 0.2) is 12.1 Å². The summed E-state index contributed by atoms with van der Waals surface area (Å²) in [7, 11) is 3.72. The molecule has 0 aromatic heterocycles. The van der Waals surface area contributed by atoms with Crippen LogP contribution in [0.5, 0.6) is 5.75 Å². The molecule has 1 aromatic carbocycles. The van der Waals surface area contributed by atoms with Gasteiger partial charge in [-0.05, 0) is 41.7 Å². The van der Waals surface area contributed by atoms with E-state index in [2.05, 4.69) is 53.0 Å². The Labute approximate surface area is 126 Å². The highest BCUT2D eigenvalue weighted by atomic mass is 33.1. The van der Waals surface area contributed by atoms with Gasteiger partial charge in [0.15, 0.2) is 0 Å². The lowest BCUT2D eigenvalue weighted by Gasteiger charge is -2.21. The van der Waals surface area contributed by atoms with Crippen molar-refractivity contribution in [1.82, 2.24) is 0 Å². The van der Waals surface area contributed by atoms with Crippen LogP contribution in [-0.2, 0) is 5.75 Å². The van der Waals surface area contributed by atoms with Crippen LogP contribution in [-0.4, -0.2) is 12.9 Å². The van der Waals surface area contributed by atoms with Gasteiger partial charge in [-0.25, -0.2) is 0 Å². The molecule has 108 valence electrons. The van der Waals surface area contributed by atoms with Crippen molar-refractivity contribution in [3.05, 3.63) is 28.8 Å². The van der Waals surface area contributed by atoms with Crippen molar-refractivity contribution in [3.63, 3.8) is 0 Å². The molecule has 0 aliphatic carbocycles. The Morgan fingerprint density at radius 2 is 1.58 bits per heavy atom. The maximum atomic E-state index is 5.94. The fourth-order valence-electron chi connectivity index (χ4n) is 2.12. The fourth-order valence-corrected chi connectivity index (χ4v) is 3.30. The standard InChI is InChI=1S/C16H26OS2/c1-7-17-16-14(11(2)3)8-13(10-19-18-6)9-15(16)12(4)5/h8-9,11-12H,7,10H2,1-6H3. The van der Waals surface area contributed by atoms with E-state index in [9.17, 15) is 0 Å². The fraction of sp³-hybridized carbons (Fsp3) is 0.625. The van der Waals surface area contributed by atoms with Crippen LogP contribution in [0, 0.1) is 0 Å². The summed E-state index contributed by atoms with van der Waals surface area (Å²) in [6.45, 7) is 11.8. The molecular formula is C16H26OS2. The van der Waals surface area contributed by atoms with Gasteiger partial charge in [0.25, 0.3) is 0 Å². The first-order chi connectivity index (χ1) is 9.01. The van der Waals surface area contributed by atoms with Crippen molar-refractivity contribution in [2.45, 2.75) is 52.2 Å². The maximum absolute atomic E-state index is 5.94. The molecule has 0 fully saturated rings. The van der Waals surface area contributed by atoms with Crippen LogP contribution < -0.4 is 4.74 Å². The molecule has 1 nitrogen and oxygen atoms in total. The quantitative estimate of drug-likeness (QED) is 0.585. The van der Waals surface area contributed by atoms with E-state index >= 15 is 0 Å². The molecular weight excluding hydrogens is 272 g/mol. The van der Waals surface area contributed by atoms with Gasteiger partial charge in [-0.1, -0.05) is 61.4 Å². The Morgan fingerprint density at radius 1 is 1.05 bits per heavy atom. The number of ether oxygens (including phenoxy) is 1. The first-order valence-electron chi connectivity index (χ1n) is 6.96. The van der Waals surface area contributed by atoms with Crippen molar-refractivity contribution < 1.29 is 4.74 Å². The van der Waals surface area contributed by atoms with Crippen molar-refractivity contribution >= 4 is 21.6 Å². The van der Waals surface area contributed by atoms with E-state index in [1.54, 1.807) is 0 Å². The summed E-state index contributed by atoms with van der Waals surface area (Å²) in [6, 6.07) is 4.65. The average molecular weight is 299 g/mol. The Hall–Kier alpha value is -0.280. The second kappa shape index (κ2) is 8.11. The molecule has 0 amide bonds. The summed E-state index contributed by atoms with van der Waals surface area (Å²) in [5.74, 6) is 3.18. The van der Waals surface area contributed by atoms with E-state index in [1.165, 1.54) is 16.7 Å². The van der Waals surface area contributed by atoms with Gasteiger partial charge in [0, 0.05) is 5.75 Å². The second-order valence-corrected chi connectivity index (χ2v) is 7.84. The Balaban J connectivity index is 3.26. The number of hydrogen-bond donors (Lipinski definition) is 0. The molecule has 0 saturated heterocycles. The lowest BCUT2D eigenvalue weighted by atomic mass is 9.92. The first kappa shape index (κ1) is 16.8. The highest BCUT2D eigenvalue weighted by Gasteiger charge is 2.16. The summed E-state index contributed by atoms with van der Waals surface area (Å²) in [4.78, 5) is 0. The smallest absolute Gasteiger partial charge is 0.126 e. The van der Waals surface area contributed by atoms with Crippen LogP contribution in [0.3, 0.4) is 0 Å². The number of hydrogen-bond acceptors (Lipinski definition) is 3. The minimum absolute atomic E-state index is 0.498. The van der Waals surface area contributed by atoms with Gasteiger partial charge < -0.3 is 4.74 Å². The van der Waals surface area contributed by atoms with Gasteiger partial charge >= 0.3 is 0 Å². The molecule has 0 N–H and O–H groups in total. The van der Waals surface area contributed by atoms with Crippen LogP contribution in [0.4, 0.5) is 0 Å². The number of rotatable bonds is 7. The molecule has 0 saturated carbocycles. The van der Waals surface area contributed by atoms with Gasteiger partial charge in [0.05, 0.1) is 6.61 Å². The van der Waals surface area contributed by atoms with Gasteiger partial charge in [-0.2, -0.15) is 0 Å². The average Bonchev–Trinajstić information content (AvgIpc) is 2.36. The molecule has 19 heavy (non-hydrogen) atoms. The van der Waals surface area contributed by atoms with Crippen molar-refractivity contribution in [2.24, 2.45) is 0 Å². The predicted octanol–water partition coefficient (Wildman–Crippen LogP) is 5.84. The first-order valence-corrected chi connectivity index (χ1v) is 9.69. The van der Waals surface area contributed by atoms with Gasteiger partial charge in [-0.3, -0.25) is 0 Å².